The summed E-state index contributed by atoms with van der Waals surface area (Å²) in [4.78, 5) is 15.5. The maximum Gasteiger partial charge on any atom is 0.222 e. The van der Waals surface area contributed by atoms with Crippen molar-refractivity contribution < 1.29 is 9.90 Å². The topological polar surface area (TPSA) is 40.5 Å². The molecule has 5 heteroatoms. The van der Waals surface area contributed by atoms with Crippen LogP contribution in [0.5, 0.6) is 0 Å². The summed E-state index contributed by atoms with van der Waals surface area (Å²) in [6.07, 6.45) is 2.28. The molecule has 3 nitrogen and oxygen atoms in total. The van der Waals surface area contributed by atoms with Crippen LogP contribution in [-0.4, -0.2) is 35.1 Å². The summed E-state index contributed by atoms with van der Waals surface area (Å²) in [5.41, 5.74) is 1.28. The number of carbonyl (C=O) groups excluding carboxylic acids is 1. The van der Waals surface area contributed by atoms with E-state index in [0.717, 1.165) is 17.4 Å². The Bertz CT molecular complexity index is 708. The number of amides is 1. The van der Waals surface area contributed by atoms with Gasteiger partial charge in [-0.3, -0.25) is 4.79 Å². The molecule has 1 N–H and O–H groups in total. The highest BCUT2D eigenvalue weighted by molar-refractivity contribution is 9.10. The second-order valence-electron chi connectivity index (χ2n) is 6.62. The highest BCUT2D eigenvalue weighted by atomic mass is 79.9. The monoisotopic (exact) mass is 433 g/mol. The number of benzene rings is 2. The largest absolute Gasteiger partial charge is 0.393 e. The summed E-state index contributed by atoms with van der Waals surface area (Å²) in [6.45, 7) is 1.39. The minimum Gasteiger partial charge on any atom is -0.393 e. The van der Waals surface area contributed by atoms with Crippen molar-refractivity contribution in [3.8, 4) is 0 Å². The Morgan fingerprint density at radius 3 is 2.58 bits per heavy atom. The lowest BCUT2D eigenvalue weighted by Crippen LogP contribution is -2.32. The normalized spacial score (nSPS) is 19.2. The third kappa shape index (κ3) is 5.60. The molecule has 1 saturated heterocycles. The lowest BCUT2D eigenvalue weighted by molar-refractivity contribution is -0.130. The number of aliphatic hydroxyl groups excluding tert-OH is 1. The first-order chi connectivity index (χ1) is 12.6. The Kier molecular flexibility index (Phi) is 7.17. The number of halogens is 1. The molecular weight excluding hydrogens is 410 g/mol. The second-order valence-corrected chi connectivity index (χ2v) is 8.81. The smallest absolute Gasteiger partial charge is 0.222 e. The van der Waals surface area contributed by atoms with Gasteiger partial charge < -0.3 is 10.0 Å². The Morgan fingerprint density at radius 1 is 1.12 bits per heavy atom. The zero-order valence-corrected chi connectivity index (χ0v) is 17.1. The van der Waals surface area contributed by atoms with Crippen LogP contribution in [0.1, 0.15) is 36.5 Å². The number of nitrogens with zero attached hydrogens (tertiary/aromatic N) is 1. The molecule has 2 aromatic rings. The summed E-state index contributed by atoms with van der Waals surface area (Å²) < 4.78 is 1.08. The molecule has 0 bridgehead atoms. The molecule has 0 radical (unpaired) electrons. The maximum atomic E-state index is 12.3. The van der Waals surface area contributed by atoms with E-state index < -0.39 is 0 Å². The average molecular weight is 434 g/mol. The van der Waals surface area contributed by atoms with Crippen molar-refractivity contribution in [2.45, 2.75) is 41.9 Å². The van der Waals surface area contributed by atoms with Crippen LogP contribution in [0.3, 0.4) is 0 Å². The van der Waals surface area contributed by atoms with E-state index in [1.165, 1.54) is 10.5 Å². The van der Waals surface area contributed by atoms with Gasteiger partial charge in [-0.15, -0.1) is 11.8 Å². The number of likely N-dealkylation sites (tertiary alicyclic amines) is 1. The van der Waals surface area contributed by atoms with Crippen LogP contribution in [0.2, 0.25) is 0 Å². The fourth-order valence-electron chi connectivity index (χ4n) is 3.17. The first kappa shape index (κ1) is 19.5. The second kappa shape index (κ2) is 9.58. The Labute approximate surface area is 167 Å². The molecule has 1 aliphatic rings. The van der Waals surface area contributed by atoms with Crippen LogP contribution < -0.4 is 0 Å². The third-order valence-electron chi connectivity index (χ3n) is 4.70. The van der Waals surface area contributed by atoms with E-state index in [4.69, 9.17) is 0 Å². The van der Waals surface area contributed by atoms with Crippen molar-refractivity contribution >= 4 is 33.6 Å². The number of thioether (sulfide) groups is 1. The van der Waals surface area contributed by atoms with Crippen molar-refractivity contribution in [2.75, 3.05) is 13.1 Å². The first-order valence-electron chi connectivity index (χ1n) is 9.05. The highest BCUT2D eigenvalue weighted by Gasteiger charge is 2.22. The molecule has 26 heavy (non-hydrogen) atoms. The van der Waals surface area contributed by atoms with Crippen LogP contribution in [-0.2, 0) is 4.79 Å². The summed E-state index contributed by atoms with van der Waals surface area (Å²) in [5, 5.41) is 10.1. The van der Waals surface area contributed by atoms with E-state index in [1.54, 1.807) is 0 Å². The van der Waals surface area contributed by atoms with Crippen molar-refractivity contribution in [1.82, 2.24) is 4.90 Å². The number of hydrogen-bond donors (Lipinski definition) is 1. The molecule has 0 saturated carbocycles. The minimum atomic E-state index is -0.342. The van der Waals surface area contributed by atoms with Gasteiger partial charge in [-0.05, 0) is 49.1 Å². The average Bonchev–Trinajstić information content (AvgIpc) is 2.82. The number of rotatable bonds is 6. The zero-order chi connectivity index (χ0) is 18.4. The van der Waals surface area contributed by atoms with Gasteiger partial charge in [0.25, 0.3) is 0 Å². The van der Waals surface area contributed by atoms with Crippen LogP contribution in [0.15, 0.2) is 64.0 Å². The summed E-state index contributed by atoms with van der Waals surface area (Å²) in [5.74, 6) is 0.169. The Hall–Kier alpha value is -1.30. The molecular formula is C21H24BrNO2S. The quantitative estimate of drug-likeness (QED) is 0.648. The summed E-state index contributed by atoms with van der Waals surface area (Å²) in [7, 11) is 0. The molecule has 2 aromatic carbocycles. The van der Waals surface area contributed by atoms with Gasteiger partial charge >= 0.3 is 0 Å². The van der Waals surface area contributed by atoms with Gasteiger partial charge in [0, 0.05) is 34.1 Å². The van der Waals surface area contributed by atoms with E-state index in [2.05, 4.69) is 64.5 Å². The molecule has 0 aromatic heterocycles. The fourth-order valence-corrected chi connectivity index (χ4v) is 4.57. The molecule has 2 unspecified atom stereocenters. The van der Waals surface area contributed by atoms with Crippen molar-refractivity contribution in [2.24, 2.45) is 0 Å². The minimum absolute atomic E-state index is 0.169. The van der Waals surface area contributed by atoms with Gasteiger partial charge in [-0.1, -0.05) is 46.3 Å². The van der Waals surface area contributed by atoms with Crippen LogP contribution in [0.25, 0.3) is 0 Å². The van der Waals surface area contributed by atoms with E-state index in [-0.39, 0.29) is 12.0 Å². The summed E-state index contributed by atoms with van der Waals surface area (Å²) in [6, 6.07) is 18.8. The van der Waals surface area contributed by atoms with E-state index in [0.29, 0.717) is 31.1 Å². The Balaban J connectivity index is 1.69. The SMILES string of the molecule is O=C1CCC(O)CCN1CCC(Sc1ccc(Br)cc1)c1ccccc1. The van der Waals surface area contributed by atoms with E-state index in [1.807, 2.05) is 22.7 Å². The predicted molar refractivity (Wildman–Crippen MR) is 110 cm³/mol. The van der Waals surface area contributed by atoms with Crippen LogP contribution in [0.4, 0.5) is 0 Å². The predicted octanol–water partition coefficient (Wildman–Crippen LogP) is 5.05. The number of aliphatic hydroxyl groups is 1. The van der Waals surface area contributed by atoms with Crippen LogP contribution in [0, 0.1) is 0 Å². The molecule has 1 amide bonds. The molecule has 1 aliphatic heterocycles. The molecule has 3 rings (SSSR count). The first-order valence-corrected chi connectivity index (χ1v) is 10.7. The molecule has 0 spiro atoms. The fraction of sp³-hybridized carbons (Fsp3) is 0.381. The zero-order valence-electron chi connectivity index (χ0n) is 14.7. The molecule has 2 atom stereocenters. The van der Waals surface area contributed by atoms with Gasteiger partial charge in [-0.25, -0.2) is 0 Å². The standard InChI is InChI=1S/C21H24BrNO2S/c22-17-6-9-19(10-7-17)26-20(16-4-2-1-3-5-16)13-15-23-14-12-18(24)8-11-21(23)25/h1-7,9-10,18,20,24H,8,11-15H2. The van der Waals surface area contributed by atoms with Crippen molar-refractivity contribution in [1.29, 1.82) is 0 Å². The third-order valence-corrected chi connectivity index (χ3v) is 6.57. The van der Waals surface area contributed by atoms with Gasteiger partial charge in [0.05, 0.1) is 6.10 Å². The van der Waals surface area contributed by atoms with E-state index in [9.17, 15) is 9.90 Å². The summed E-state index contributed by atoms with van der Waals surface area (Å²) >= 11 is 5.32. The van der Waals surface area contributed by atoms with Crippen molar-refractivity contribution in [3.05, 3.63) is 64.6 Å². The number of hydrogen-bond acceptors (Lipinski definition) is 3. The molecule has 1 fully saturated rings. The van der Waals surface area contributed by atoms with Gasteiger partial charge in [0.15, 0.2) is 0 Å². The molecule has 1 heterocycles. The van der Waals surface area contributed by atoms with Gasteiger partial charge in [0.2, 0.25) is 5.91 Å². The van der Waals surface area contributed by atoms with E-state index >= 15 is 0 Å². The van der Waals surface area contributed by atoms with Gasteiger partial charge in [-0.2, -0.15) is 0 Å². The maximum absolute atomic E-state index is 12.3. The highest BCUT2D eigenvalue weighted by Crippen LogP contribution is 2.38. The molecule has 0 aliphatic carbocycles. The number of carbonyl (C=O) groups is 1. The lowest BCUT2D eigenvalue weighted by atomic mass is 10.1. The van der Waals surface area contributed by atoms with Crippen molar-refractivity contribution in [3.63, 3.8) is 0 Å². The van der Waals surface area contributed by atoms with Gasteiger partial charge in [0.1, 0.15) is 0 Å². The lowest BCUT2D eigenvalue weighted by Gasteiger charge is -2.24. The van der Waals surface area contributed by atoms with Crippen LogP contribution >= 0.6 is 27.7 Å². The molecule has 138 valence electrons. The Morgan fingerprint density at radius 2 is 1.85 bits per heavy atom.